The number of likely N-dealkylation sites (N-methyl/N-ethyl adjacent to an activating group) is 1. The number of anilines is 1. The Balaban J connectivity index is 1.77. The Morgan fingerprint density at radius 1 is 1.32 bits per heavy atom. The third kappa shape index (κ3) is 3.85. The molecule has 3 nitrogen and oxygen atoms in total. The molecule has 1 aliphatic rings. The van der Waals surface area contributed by atoms with E-state index in [4.69, 9.17) is 11.6 Å². The molecule has 0 saturated carbocycles. The number of hydrogen-bond donors (Lipinski definition) is 1. The maximum Gasteiger partial charge on any atom is 0.0637 e. The summed E-state index contributed by atoms with van der Waals surface area (Å²) in [5.41, 5.74) is 1.03. The van der Waals surface area contributed by atoms with Crippen molar-refractivity contribution in [1.82, 2.24) is 9.80 Å². The van der Waals surface area contributed by atoms with Gasteiger partial charge in [0.1, 0.15) is 0 Å². The summed E-state index contributed by atoms with van der Waals surface area (Å²) in [5.74, 6) is 0.746. The Morgan fingerprint density at radius 3 is 2.68 bits per heavy atom. The summed E-state index contributed by atoms with van der Waals surface area (Å²) < 4.78 is 0. The number of para-hydroxylation sites is 1. The lowest BCUT2D eigenvalue weighted by Crippen LogP contribution is -2.35. The van der Waals surface area contributed by atoms with Crippen molar-refractivity contribution in [3.63, 3.8) is 0 Å². The second kappa shape index (κ2) is 6.60. The first-order chi connectivity index (χ1) is 9.08. The van der Waals surface area contributed by atoms with Gasteiger partial charge in [-0.2, -0.15) is 0 Å². The average Bonchev–Trinajstić information content (AvgIpc) is 2.73. The van der Waals surface area contributed by atoms with Crippen LogP contribution in [0.1, 0.15) is 6.92 Å². The molecular weight excluding hydrogens is 258 g/mol. The fourth-order valence-electron chi connectivity index (χ4n) is 2.86. The van der Waals surface area contributed by atoms with Crippen LogP contribution < -0.4 is 5.32 Å². The Morgan fingerprint density at radius 2 is 2.05 bits per heavy atom. The van der Waals surface area contributed by atoms with Gasteiger partial charge in [-0.1, -0.05) is 30.7 Å². The van der Waals surface area contributed by atoms with Crippen LogP contribution in [0.5, 0.6) is 0 Å². The lowest BCUT2D eigenvalue weighted by molar-refractivity contribution is 0.254. The summed E-state index contributed by atoms with van der Waals surface area (Å²) >= 11 is 6.12. The summed E-state index contributed by atoms with van der Waals surface area (Å²) in [6.45, 7) is 6.70. The van der Waals surface area contributed by atoms with Crippen molar-refractivity contribution in [2.75, 3.05) is 45.6 Å². The first kappa shape index (κ1) is 14.6. The molecule has 2 rings (SSSR count). The van der Waals surface area contributed by atoms with Gasteiger partial charge in [-0.15, -0.1) is 0 Å². The zero-order chi connectivity index (χ0) is 13.8. The number of likely N-dealkylation sites (tertiary alicyclic amines) is 1. The predicted octanol–water partition coefficient (Wildman–Crippen LogP) is 2.63. The Labute approximate surface area is 121 Å². The summed E-state index contributed by atoms with van der Waals surface area (Å²) in [4.78, 5) is 4.87. The summed E-state index contributed by atoms with van der Waals surface area (Å²) in [7, 11) is 4.35. The Bertz CT molecular complexity index is 408. The maximum atomic E-state index is 6.12. The minimum Gasteiger partial charge on any atom is -0.383 e. The van der Waals surface area contributed by atoms with E-state index in [1.165, 1.54) is 13.1 Å². The molecule has 1 fully saturated rings. The van der Waals surface area contributed by atoms with E-state index in [9.17, 15) is 0 Å². The number of halogens is 1. The van der Waals surface area contributed by atoms with Crippen LogP contribution in [0, 0.1) is 5.92 Å². The molecule has 4 heteroatoms. The van der Waals surface area contributed by atoms with Crippen molar-refractivity contribution in [3.8, 4) is 0 Å². The fourth-order valence-corrected chi connectivity index (χ4v) is 3.06. The van der Waals surface area contributed by atoms with Gasteiger partial charge in [0.05, 0.1) is 10.7 Å². The Kier molecular flexibility index (Phi) is 5.08. The van der Waals surface area contributed by atoms with Crippen LogP contribution >= 0.6 is 11.6 Å². The molecule has 2 unspecified atom stereocenters. The molecule has 0 radical (unpaired) electrons. The molecule has 0 spiro atoms. The lowest BCUT2D eigenvalue weighted by Gasteiger charge is -2.22. The van der Waals surface area contributed by atoms with Crippen molar-refractivity contribution < 1.29 is 0 Å². The number of nitrogens with one attached hydrogen (secondary N) is 1. The van der Waals surface area contributed by atoms with Gasteiger partial charge in [-0.25, -0.2) is 0 Å². The van der Waals surface area contributed by atoms with Gasteiger partial charge in [0, 0.05) is 32.2 Å². The molecule has 1 aliphatic heterocycles. The van der Waals surface area contributed by atoms with E-state index in [0.29, 0.717) is 6.04 Å². The highest BCUT2D eigenvalue weighted by Gasteiger charge is 2.30. The van der Waals surface area contributed by atoms with Crippen molar-refractivity contribution in [1.29, 1.82) is 0 Å². The van der Waals surface area contributed by atoms with Crippen LogP contribution in [-0.2, 0) is 0 Å². The van der Waals surface area contributed by atoms with Crippen LogP contribution in [0.15, 0.2) is 24.3 Å². The summed E-state index contributed by atoms with van der Waals surface area (Å²) in [6.07, 6.45) is 0. The molecule has 2 atom stereocenters. The number of benzene rings is 1. The van der Waals surface area contributed by atoms with E-state index in [1.54, 1.807) is 0 Å². The van der Waals surface area contributed by atoms with Crippen molar-refractivity contribution in [2.45, 2.75) is 13.0 Å². The SMILES string of the molecule is CC1CN(CCNc2ccccc2Cl)CC1N(C)C. The van der Waals surface area contributed by atoms with E-state index < -0.39 is 0 Å². The highest BCUT2D eigenvalue weighted by atomic mass is 35.5. The normalized spacial score (nSPS) is 24.1. The summed E-state index contributed by atoms with van der Waals surface area (Å²) in [5, 5.41) is 4.21. The average molecular weight is 282 g/mol. The monoisotopic (exact) mass is 281 g/mol. The van der Waals surface area contributed by atoms with Gasteiger partial charge in [0.25, 0.3) is 0 Å². The van der Waals surface area contributed by atoms with E-state index in [2.05, 4.69) is 36.1 Å². The molecule has 1 N–H and O–H groups in total. The highest BCUT2D eigenvalue weighted by Crippen LogP contribution is 2.21. The van der Waals surface area contributed by atoms with Gasteiger partial charge in [-0.3, -0.25) is 4.90 Å². The quantitative estimate of drug-likeness (QED) is 0.895. The van der Waals surface area contributed by atoms with Crippen LogP contribution in [0.3, 0.4) is 0 Å². The van der Waals surface area contributed by atoms with Crippen LogP contribution in [0.2, 0.25) is 5.02 Å². The first-order valence-electron chi connectivity index (χ1n) is 6.95. The molecule has 1 aromatic rings. The van der Waals surface area contributed by atoms with Gasteiger partial charge >= 0.3 is 0 Å². The van der Waals surface area contributed by atoms with Crippen molar-refractivity contribution >= 4 is 17.3 Å². The molecule has 1 aromatic carbocycles. The van der Waals surface area contributed by atoms with Gasteiger partial charge in [0.15, 0.2) is 0 Å². The molecule has 0 aromatic heterocycles. The van der Waals surface area contributed by atoms with Crippen LogP contribution in [0.25, 0.3) is 0 Å². The molecule has 0 amide bonds. The largest absolute Gasteiger partial charge is 0.383 e. The van der Waals surface area contributed by atoms with E-state index in [1.807, 2.05) is 24.3 Å². The molecule has 0 aliphatic carbocycles. The lowest BCUT2D eigenvalue weighted by atomic mass is 10.1. The smallest absolute Gasteiger partial charge is 0.0637 e. The molecule has 1 heterocycles. The predicted molar refractivity (Wildman–Crippen MR) is 83.0 cm³/mol. The molecule has 1 saturated heterocycles. The number of hydrogen-bond acceptors (Lipinski definition) is 3. The van der Waals surface area contributed by atoms with Crippen molar-refractivity contribution in [3.05, 3.63) is 29.3 Å². The van der Waals surface area contributed by atoms with Crippen LogP contribution in [0.4, 0.5) is 5.69 Å². The highest BCUT2D eigenvalue weighted by molar-refractivity contribution is 6.33. The molecule has 0 bridgehead atoms. The summed E-state index contributed by atoms with van der Waals surface area (Å²) in [6, 6.07) is 8.59. The zero-order valence-corrected chi connectivity index (χ0v) is 12.8. The van der Waals surface area contributed by atoms with E-state index >= 15 is 0 Å². The van der Waals surface area contributed by atoms with E-state index in [-0.39, 0.29) is 0 Å². The topological polar surface area (TPSA) is 18.5 Å². The fraction of sp³-hybridized carbons (Fsp3) is 0.600. The third-order valence-corrected chi connectivity index (χ3v) is 4.26. The molecule has 19 heavy (non-hydrogen) atoms. The third-order valence-electron chi connectivity index (χ3n) is 3.93. The molecule has 106 valence electrons. The minimum atomic E-state index is 0.681. The first-order valence-corrected chi connectivity index (χ1v) is 7.33. The molecular formula is C15H24ClN3. The minimum absolute atomic E-state index is 0.681. The van der Waals surface area contributed by atoms with Gasteiger partial charge in [0.2, 0.25) is 0 Å². The number of nitrogens with zero attached hydrogens (tertiary/aromatic N) is 2. The standard InChI is InChI=1S/C15H24ClN3/c1-12-10-19(11-15(12)18(2)3)9-8-17-14-7-5-4-6-13(14)16/h4-7,12,15,17H,8-11H2,1-3H3. The van der Waals surface area contributed by atoms with Gasteiger partial charge in [-0.05, 0) is 32.1 Å². The second-order valence-corrected chi connectivity index (χ2v) is 6.08. The van der Waals surface area contributed by atoms with Crippen molar-refractivity contribution in [2.24, 2.45) is 5.92 Å². The Hall–Kier alpha value is -0.770. The second-order valence-electron chi connectivity index (χ2n) is 5.67. The maximum absolute atomic E-state index is 6.12. The van der Waals surface area contributed by atoms with Gasteiger partial charge < -0.3 is 10.2 Å². The number of rotatable bonds is 5. The zero-order valence-electron chi connectivity index (χ0n) is 12.1. The van der Waals surface area contributed by atoms with Crippen LogP contribution in [-0.4, -0.2) is 56.1 Å². The van der Waals surface area contributed by atoms with E-state index in [0.717, 1.165) is 29.7 Å².